The highest BCUT2D eigenvalue weighted by molar-refractivity contribution is 5.94. The summed E-state index contributed by atoms with van der Waals surface area (Å²) in [5.41, 5.74) is -1.72. The van der Waals surface area contributed by atoms with Crippen LogP contribution >= 0.6 is 0 Å². The van der Waals surface area contributed by atoms with Gasteiger partial charge in [0.05, 0.1) is 23.6 Å². The van der Waals surface area contributed by atoms with Crippen molar-refractivity contribution in [1.82, 2.24) is 34.6 Å². The van der Waals surface area contributed by atoms with Gasteiger partial charge in [-0.25, -0.2) is 15.0 Å². The van der Waals surface area contributed by atoms with Gasteiger partial charge >= 0.3 is 12.4 Å². The first kappa shape index (κ1) is 23.1. The second-order valence-corrected chi connectivity index (χ2v) is 6.58. The molecule has 0 fully saturated rings. The summed E-state index contributed by atoms with van der Waals surface area (Å²) in [5, 5.41) is 3.94. The van der Waals surface area contributed by atoms with Crippen LogP contribution in [-0.2, 0) is 6.18 Å². The van der Waals surface area contributed by atoms with Crippen LogP contribution < -0.4 is 0 Å². The smallest absolute Gasteiger partial charge is 0.328 e. The topological polar surface area (TPSA) is 89.7 Å². The maximum atomic E-state index is 13.0. The zero-order chi connectivity index (χ0) is 23.5. The summed E-state index contributed by atoms with van der Waals surface area (Å²) in [4.78, 5) is 29.1. The van der Waals surface area contributed by atoms with Gasteiger partial charge in [-0.15, -0.1) is 0 Å². The van der Waals surface area contributed by atoms with E-state index in [1.54, 1.807) is 0 Å². The van der Waals surface area contributed by atoms with E-state index in [9.17, 15) is 31.1 Å². The van der Waals surface area contributed by atoms with Crippen LogP contribution in [0.4, 0.5) is 26.3 Å². The van der Waals surface area contributed by atoms with Gasteiger partial charge in [0.1, 0.15) is 6.33 Å². The molecule has 0 spiro atoms. The minimum absolute atomic E-state index is 0.0201. The van der Waals surface area contributed by atoms with E-state index >= 15 is 0 Å². The Morgan fingerprint density at radius 3 is 2.41 bits per heavy atom. The van der Waals surface area contributed by atoms with E-state index < -0.39 is 48.4 Å². The quantitative estimate of drug-likeness (QED) is 0.523. The Kier molecular flexibility index (Phi) is 6.41. The minimum Gasteiger partial charge on any atom is -0.328 e. The number of amides is 1. The molecule has 0 radical (unpaired) electrons. The largest absolute Gasteiger partial charge is 0.417 e. The predicted octanol–water partition coefficient (Wildman–Crippen LogP) is 3.63. The molecule has 1 unspecified atom stereocenters. The van der Waals surface area contributed by atoms with Crippen LogP contribution in [0.3, 0.4) is 0 Å². The molecule has 170 valence electrons. The molecule has 3 aromatic heterocycles. The van der Waals surface area contributed by atoms with Crippen LogP contribution in [0.5, 0.6) is 0 Å². The highest BCUT2D eigenvalue weighted by atomic mass is 19.4. The number of hydrogen-bond acceptors (Lipinski definition) is 6. The summed E-state index contributed by atoms with van der Waals surface area (Å²) >= 11 is 0. The molecular formula is C18H15F6N7O. The first-order valence-corrected chi connectivity index (χ1v) is 9.04. The van der Waals surface area contributed by atoms with Crippen LogP contribution in [0.2, 0.25) is 0 Å². The standard InChI is InChI=1S/C18H15F6N7O/c1-11(14-28-10-29-31(14)16-26-4-2-5-27-16)30(6-3-17(19,20)21)15(32)12-7-13(9-25-8-12)18(22,23)24/h2,4-5,7-11H,3,6H2,1H3. The van der Waals surface area contributed by atoms with Crippen LogP contribution in [-0.4, -0.2) is 53.2 Å². The number of carbonyl (C=O) groups is 1. The monoisotopic (exact) mass is 459 g/mol. The van der Waals surface area contributed by atoms with Crippen molar-refractivity contribution >= 4 is 5.91 Å². The highest BCUT2D eigenvalue weighted by Crippen LogP contribution is 2.30. The lowest BCUT2D eigenvalue weighted by molar-refractivity contribution is -0.138. The molecule has 3 aromatic rings. The zero-order valence-electron chi connectivity index (χ0n) is 16.3. The van der Waals surface area contributed by atoms with E-state index in [0.29, 0.717) is 12.3 Å². The average molecular weight is 459 g/mol. The summed E-state index contributed by atoms with van der Waals surface area (Å²) in [6.07, 6.45) is -5.50. The van der Waals surface area contributed by atoms with E-state index in [4.69, 9.17) is 0 Å². The molecule has 14 heteroatoms. The lowest BCUT2D eigenvalue weighted by atomic mass is 10.1. The second-order valence-electron chi connectivity index (χ2n) is 6.58. The van der Waals surface area contributed by atoms with Gasteiger partial charge in [0.2, 0.25) is 0 Å². The number of carbonyl (C=O) groups excluding carboxylic acids is 1. The van der Waals surface area contributed by atoms with Crippen molar-refractivity contribution < 1.29 is 31.1 Å². The van der Waals surface area contributed by atoms with Crippen LogP contribution in [0.1, 0.15) is 41.1 Å². The number of pyridine rings is 1. The predicted molar refractivity (Wildman–Crippen MR) is 96.3 cm³/mol. The van der Waals surface area contributed by atoms with Gasteiger partial charge in [0.15, 0.2) is 5.82 Å². The number of rotatable bonds is 6. The van der Waals surface area contributed by atoms with Crippen molar-refractivity contribution in [3.8, 4) is 5.95 Å². The summed E-state index contributed by atoms with van der Waals surface area (Å²) in [7, 11) is 0. The second kappa shape index (κ2) is 8.88. The number of halogens is 6. The van der Waals surface area contributed by atoms with Gasteiger partial charge in [0, 0.05) is 31.3 Å². The molecule has 0 bridgehead atoms. The molecule has 0 aromatic carbocycles. The zero-order valence-corrected chi connectivity index (χ0v) is 16.3. The SMILES string of the molecule is CC(c1ncnn1-c1ncccn1)N(CCC(F)(F)F)C(=O)c1cncc(C(F)(F)F)c1. The van der Waals surface area contributed by atoms with Crippen LogP contribution in [0.15, 0.2) is 43.2 Å². The van der Waals surface area contributed by atoms with Gasteiger partial charge in [-0.05, 0) is 19.1 Å². The lowest BCUT2D eigenvalue weighted by Gasteiger charge is -2.29. The number of hydrogen-bond donors (Lipinski definition) is 0. The summed E-state index contributed by atoms with van der Waals surface area (Å²) in [5.74, 6) is -1.01. The molecule has 0 saturated heterocycles. The maximum Gasteiger partial charge on any atom is 0.417 e. The molecule has 0 saturated carbocycles. The van der Waals surface area contributed by atoms with Gasteiger partial charge in [-0.3, -0.25) is 9.78 Å². The molecule has 0 aliphatic carbocycles. The summed E-state index contributed by atoms with van der Waals surface area (Å²) in [6, 6.07) is 0.947. The average Bonchev–Trinajstić information content (AvgIpc) is 3.23. The van der Waals surface area contributed by atoms with Crippen molar-refractivity contribution in [1.29, 1.82) is 0 Å². The first-order valence-electron chi connectivity index (χ1n) is 9.04. The van der Waals surface area contributed by atoms with Crippen molar-refractivity contribution in [3.63, 3.8) is 0 Å². The molecule has 32 heavy (non-hydrogen) atoms. The van der Waals surface area contributed by atoms with Crippen LogP contribution in [0, 0.1) is 0 Å². The van der Waals surface area contributed by atoms with Gasteiger partial charge in [-0.1, -0.05) is 0 Å². The van der Waals surface area contributed by atoms with E-state index in [-0.39, 0.29) is 11.8 Å². The molecule has 3 heterocycles. The summed E-state index contributed by atoms with van der Waals surface area (Å²) in [6.45, 7) is 0.543. The van der Waals surface area contributed by atoms with Gasteiger partial charge in [0.25, 0.3) is 11.9 Å². The van der Waals surface area contributed by atoms with Crippen LogP contribution in [0.25, 0.3) is 5.95 Å². The fraction of sp³-hybridized carbons (Fsp3) is 0.333. The molecule has 0 aliphatic heterocycles. The number of nitrogens with zero attached hydrogens (tertiary/aromatic N) is 7. The molecule has 1 amide bonds. The highest BCUT2D eigenvalue weighted by Gasteiger charge is 2.35. The van der Waals surface area contributed by atoms with Crippen molar-refractivity contribution in [2.45, 2.75) is 31.7 Å². The van der Waals surface area contributed by atoms with E-state index in [2.05, 4.69) is 25.0 Å². The van der Waals surface area contributed by atoms with E-state index in [0.717, 1.165) is 22.1 Å². The Morgan fingerprint density at radius 1 is 1.09 bits per heavy atom. The van der Waals surface area contributed by atoms with Crippen molar-refractivity contribution in [3.05, 3.63) is 60.2 Å². The normalized spacial score (nSPS) is 13.1. The molecular weight excluding hydrogens is 444 g/mol. The summed E-state index contributed by atoms with van der Waals surface area (Å²) < 4.78 is 78.9. The Morgan fingerprint density at radius 2 is 1.78 bits per heavy atom. The third-order valence-electron chi connectivity index (χ3n) is 4.37. The molecule has 1 atom stereocenters. The Balaban J connectivity index is 1.99. The Labute approximate surface area is 177 Å². The maximum absolute atomic E-state index is 13.0. The number of aromatic nitrogens is 6. The van der Waals surface area contributed by atoms with Crippen molar-refractivity contribution in [2.24, 2.45) is 0 Å². The van der Waals surface area contributed by atoms with Gasteiger partial charge < -0.3 is 4.90 Å². The third-order valence-corrected chi connectivity index (χ3v) is 4.37. The Bertz CT molecular complexity index is 1070. The third kappa shape index (κ3) is 5.36. The molecule has 3 rings (SSSR count). The lowest BCUT2D eigenvalue weighted by Crippen LogP contribution is -2.37. The van der Waals surface area contributed by atoms with Crippen molar-refractivity contribution in [2.75, 3.05) is 6.54 Å². The molecule has 0 aliphatic rings. The molecule has 8 nitrogen and oxygen atoms in total. The fourth-order valence-corrected chi connectivity index (χ4v) is 2.83. The first-order chi connectivity index (χ1) is 15.0. The minimum atomic E-state index is -4.78. The number of alkyl halides is 6. The molecule has 0 N–H and O–H groups in total. The van der Waals surface area contributed by atoms with E-state index in [1.807, 2.05) is 0 Å². The Hall–Kier alpha value is -3.58. The van der Waals surface area contributed by atoms with Gasteiger partial charge in [-0.2, -0.15) is 36.1 Å². The van der Waals surface area contributed by atoms with E-state index in [1.165, 1.54) is 25.4 Å². The fourth-order valence-electron chi connectivity index (χ4n) is 2.83.